The van der Waals surface area contributed by atoms with Crippen molar-refractivity contribution in [3.63, 3.8) is 0 Å². The third kappa shape index (κ3) is 4.30. The fourth-order valence-electron chi connectivity index (χ4n) is 4.20. The smallest absolute Gasteiger partial charge is 0.356 e. The van der Waals surface area contributed by atoms with Crippen molar-refractivity contribution in [2.24, 2.45) is 11.8 Å². The van der Waals surface area contributed by atoms with Crippen molar-refractivity contribution in [1.29, 1.82) is 0 Å². The molecule has 2 atom stereocenters. The lowest BCUT2D eigenvalue weighted by molar-refractivity contribution is -0.116. The molecule has 0 spiro atoms. The Bertz CT molecular complexity index is 851. The van der Waals surface area contributed by atoms with Gasteiger partial charge in [0.2, 0.25) is 5.91 Å². The zero-order valence-electron chi connectivity index (χ0n) is 17.0. The highest BCUT2D eigenvalue weighted by Crippen LogP contribution is 2.35. The van der Waals surface area contributed by atoms with Crippen LogP contribution in [-0.2, 0) is 9.53 Å². The van der Waals surface area contributed by atoms with Crippen molar-refractivity contribution in [1.82, 2.24) is 9.88 Å². The van der Waals surface area contributed by atoms with Gasteiger partial charge in [-0.15, -0.1) is 0 Å². The van der Waals surface area contributed by atoms with Crippen molar-refractivity contribution in [2.75, 3.05) is 39.2 Å². The minimum atomic E-state index is -0.535. The molecule has 0 bridgehead atoms. The molecule has 1 aromatic heterocycles. The molecular formula is C21H29N3O4. The van der Waals surface area contributed by atoms with E-state index in [0.717, 1.165) is 13.1 Å². The summed E-state index contributed by atoms with van der Waals surface area (Å²) < 4.78 is 10.3. The molecule has 152 valence electrons. The molecule has 3 rings (SSSR count). The van der Waals surface area contributed by atoms with Gasteiger partial charge in [0.1, 0.15) is 11.4 Å². The molecule has 28 heavy (non-hydrogen) atoms. The number of fused-ring (bicyclic) bond motifs is 1. The summed E-state index contributed by atoms with van der Waals surface area (Å²) in [5.41, 5.74) is 1.33. The van der Waals surface area contributed by atoms with Crippen LogP contribution in [0.15, 0.2) is 18.2 Å². The zero-order chi connectivity index (χ0) is 20.3. The van der Waals surface area contributed by atoms with Crippen LogP contribution < -0.4 is 10.1 Å². The second-order valence-corrected chi connectivity index (χ2v) is 7.75. The van der Waals surface area contributed by atoms with Crippen LogP contribution in [0.2, 0.25) is 0 Å². The topological polar surface area (TPSA) is 83.7 Å². The fourth-order valence-corrected chi connectivity index (χ4v) is 4.20. The number of aromatic nitrogens is 1. The van der Waals surface area contributed by atoms with E-state index in [-0.39, 0.29) is 11.6 Å². The number of nitrogens with one attached hydrogen (secondary N) is 2. The third-order valence-corrected chi connectivity index (χ3v) is 5.26. The average Bonchev–Trinajstić information content (AvgIpc) is 3.03. The second kappa shape index (κ2) is 8.65. The van der Waals surface area contributed by atoms with E-state index >= 15 is 0 Å². The number of nitrogens with zero attached hydrogens (tertiary/aromatic N) is 1. The van der Waals surface area contributed by atoms with Crippen molar-refractivity contribution in [2.45, 2.75) is 26.7 Å². The summed E-state index contributed by atoms with van der Waals surface area (Å²) in [6, 6.07) is 5.45. The van der Waals surface area contributed by atoms with Gasteiger partial charge in [0.25, 0.3) is 0 Å². The Kier molecular flexibility index (Phi) is 6.24. The third-order valence-electron chi connectivity index (χ3n) is 5.26. The predicted molar refractivity (Wildman–Crippen MR) is 109 cm³/mol. The molecule has 1 amide bonds. The number of rotatable bonds is 6. The summed E-state index contributed by atoms with van der Waals surface area (Å²) in [6.45, 7) is 7.25. The molecule has 2 N–H and O–H groups in total. The number of ether oxygens (including phenoxy) is 2. The number of hydrogen-bond donors (Lipinski definition) is 2. The summed E-state index contributed by atoms with van der Waals surface area (Å²) in [5.74, 6) is 1.21. The number of amides is 1. The number of likely N-dealkylation sites (tertiary alicyclic amines) is 1. The van der Waals surface area contributed by atoms with Crippen molar-refractivity contribution < 1.29 is 19.1 Å². The molecule has 1 aliphatic heterocycles. The van der Waals surface area contributed by atoms with E-state index in [1.807, 2.05) is 12.1 Å². The maximum absolute atomic E-state index is 12.7. The number of benzene rings is 1. The van der Waals surface area contributed by atoms with Crippen LogP contribution in [-0.4, -0.2) is 55.6 Å². The number of anilines is 1. The molecule has 1 aliphatic rings. The first kappa shape index (κ1) is 20.2. The molecule has 0 saturated carbocycles. The van der Waals surface area contributed by atoms with Gasteiger partial charge in [0, 0.05) is 26.1 Å². The van der Waals surface area contributed by atoms with Gasteiger partial charge in [0.05, 0.1) is 30.8 Å². The van der Waals surface area contributed by atoms with E-state index in [0.29, 0.717) is 47.1 Å². The molecular weight excluding hydrogens is 358 g/mol. The van der Waals surface area contributed by atoms with Crippen LogP contribution in [0.1, 0.15) is 37.2 Å². The Balaban J connectivity index is 1.78. The molecule has 7 nitrogen and oxygen atoms in total. The predicted octanol–water partition coefficient (Wildman–Crippen LogP) is 3.27. The minimum absolute atomic E-state index is 0.136. The van der Waals surface area contributed by atoms with Gasteiger partial charge in [-0.05, 0) is 30.4 Å². The van der Waals surface area contributed by atoms with Crippen LogP contribution in [0.3, 0.4) is 0 Å². The molecule has 7 heteroatoms. The maximum atomic E-state index is 12.7. The van der Waals surface area contributed by atoms with Gasteiger partial charge in [-0.1, -0.05) is 19.9 Å². The zero-order valence-corrected chi connectivity index (χ0v) is 17.0. The van der Waals surface area contributed by atoms with Crippen LogP contribution in [0.25, 0.3) is 10.9 Å². The number of carbonyl (C=O) groups excluding carboxylic acids is 2. The van der Waals surface area contributed by atoms with Crippen molar-refractivity contribution in [3.05, 3.63) is 23.9 Å². The highest BCUT2D eigenvalue weighted by Gasteiger charge is 2.24. The molecule has 1 saturated heterocycles. The average molecular weight is 387 g/mol. The Labute approximate surface area is 165 Å². The fraction of sp³-hybridized carbons (Fsp3) is 0.524. The van der Waals surface area contributed by atoms with Gasteiger partial charge in [-0.2, -0.15) is 0 Å². The number of H-pyrrole nitrogens is 1. The first-order valence-corrected chi connectivity index (χ1v) is 9.72. The Morgan fingerprint density at radius 3 is 2.57 bits per heavy atom. The largest absolute Gasteiger partial charge is 0.496 e. The molecule has 0 radical (unpaired) electrons. The Morgan fingerprint density at radius 1 is 1.21 bits per heavy atom. The molecule has 2 heterocycles. The molecule has 2 aromatic rings. The highest BCUT2D eigenvalue weighted by molar-refractivity contribution is 6.12. The van der Waals surface area contributed by atoms with Gasteiger partial charge in [0.15, 0.2) is 0 Å². The highest BCUT2D eigenvalue weighted by atomic mass is 16.5. The van der Waals surface area contributed by atoms with Crippen LogP contribution in [0.5, 0.6) is 5.75 Å². The van der Waals surface area contributed by atoms with E-state index in [1.54, 1.807) is 13.2 Å². The van der Waals surface area contributed by atoms with Crippen LogP contribution >= 0.6 is 0 Å². The summed E-state index contributed by atoms with van der Waals surface area (Å²) in [7, 11) is 2.87. The number of methoxy groups -OCH3 is 2. The Hall–Kier alpha value is -2.54. The minimum Gasteiger partial charge on any atom is -0.496 e. The standard InChI is InChI=1S/C21H29N3O4/c1-13-10-14(2)12-24(11-13)9-8-17(25)23-19-18-15(6-5-7-16(18)27-3)22-20(19)21(26)28-4/h5-7,13-14,22H,8-12H2,1-4H3,(H,23,25)/t13-,14-/m0/s1. The maximum Gasteiger partial charge on any atom is 0.356 e. The SMILES string of the molecule is COC(=O)c1[nH]c2cccc(OC)c2c1NC(=O)CCN1C[C@@H](C)C[C@H](C)C1. The second-order valence-electron chi connectivity index (χ2n) is 7.75. The molecule has 1 aromatic carbocycles. The lowest BCUT2D eigenvalue weighted by atomic mass is 9.92. The number of hydrogen-bond acceptors (Lipinski definition) is 5. The number of carbonyl (C=O) groups is 2. The summed E-state index contributed by atoms with van der Waals surface area (Å²) >= 11 is 0. The first-order valence-electron chi connectivity index (χ1n) is 9.72. The summed E-state index contributed by atoms with van der Waals surface area (Å²) in [5, 5.41) is 3.57. The number of esters is 1. The van der Waals surface area contributed by atoms with Crippen LogP contribution in [0.4, 0.5) is 5.69 Å². The summed E-state index contributed by atoms with van der Waals surface area (Å²) in [6.07, 6.45) is 1.60. The van der Waals surface area contributed by atoms with Gasteiger partial charge >= 0.3 is 5.97 Å². The first-order chi connectivity index (χ1) is 13.4. The lowest BCUT2D eigenvalue weighted by Crippen LogP contribution is -2.40. The van der Waals surface area contributed by atoms with E-state index in [2.05, 4.69) is 29.0 Å². The monoisotopic (exact) mass is 387 g/mol. The summed E-state index contributed by atoms with van der Waals surface area (Å²) in [4.78, 5) is 30.3. The molecule has 1 fully saturated rings. The van der Waals surface area contributed by atoms with Crippen LogP contribution in [0, 0.1) is 11.8 Å². The normalized spacial score (nSPS) is 20.1. The van der Waals surface area contributed by atoms with Crippen molar-refractivity contribution >= 4 is 28.5 Å². The Morgan fingerprint density at radius 2 is 1.93 bits per heavy atom. The number of piperidine rings is 1. The van der Waals surface area contributed by atoms with Gasteiger partial charge in [-0.3, -0.25) is 4.79 Å². The van der Waals surface area contributed by atoms with E-state index in [4.69, 9.17) is 9.47 Å². The van der Waals surface area contributed by atoms with E-state index in [9.17, 15) is 9.59 Å². The molecule has 0 unspecified atom stereocenters. The van der Waals surface area contributed by atoms with Gasteiger partial charge in [-0.25, -0.2) is 4.79 Å². The van der Waals surface area contributed by atoms with E-state index in [1.165, 1.54) is 13.5 Å². The number of aromatic amines is 1. The lowest BCUT2D eigenvalue weighted by Gasteiger charge is -2.34. The van der Waals surface area contributed by atoms with Gasteiger partial charge < -0.3 is 24.7 Å². The molecule has 0 aliphatic carbocycles. The van der Waals surface area contributed by atoms with Crippen molar-refractivity contribution in [3.8, 4) is 5.75 Å². The quantitative estimate of drug-likeness (QED) is 0.743. The van der Waals surface area contributed by atoms with E-state index < -0.39 is 5.97 Å².